The maximum Gasteiger partial charge on any atom is 0.338 e. The van der Waals surface area contributed by atoms with Crippen LogP contribution in [0.5, 0.6) is 0 Å². The van der Waals surface area contributed by atoms with Gasteiger partial charge >= 0.3 is 5.97 Å². The van der Waals surface area contributed by atoms with Gasteiger partial charge in [-0.05, 0) is 87.7 Å². The lowest BCUT2D eigenvalue weighted by Crippen LogP contribution is -2.17. The molecule has 1 amide bonds. The molecule has 0 unspecified atom stereocenters. The molecule has 6 nitrogen and oxygen atoms in total. The number of carbonyl (C=O) groups is 2. The molecule has 1 N–H and O–H groups in total. The van der Waals surface area contributed by atoms with Gasteiger partial charge in [-0.15, -0.1) is 0 Å². The topological polar surface area (TPSA) is 72.7 Å². The largest absolute Gasteiger partial charge is 0.459 e. The van der Waals surface area contributed by atoms with Gasteiger partial charge in [-0.25, -0.2) is 9.78 Å². The van der Waals surface area contributed by atoms with Crippen molar-refractivity contribution in [2.75, 3.05) is 5.32 Å². The van der Waals surface area contributed by atoms with E-state index in [9.17, 15) is 9.59 Å². The summed E-state index contributed by atoms with van der Waals surface area (Å²) >= 11 is 0. The van der Waals surface area contributed by atoms with Crippen LogP contribution in [0.3, 0.4) is 0 Å². The molecule has 174 valence electrons. The summed E-state index contributed by atoms with van der Waals surface area (Å²) in [4.78, 5) is 30.2. The van der Waals surface area contributed by atoms with Crippen LogP contribution in [-0.4, -0.2) is 27.4 Å². The van der Waals surface area contributed by atoms with E-state index < -0.39 is 5.97 Å². The van der Waals surface area contributed by atoms with Crippen LogP contribution in [0.25, 0.3) is 16.9 Å². The third-order valence-electron chi connectivity index (χ3n) is 5.71. The smallest absolute Gasteiger partial charge is 0.338 e. The molecule has 0 fully saturated rings. The number of hydrogen-bond acceptors (Lipinski definition) is 4. The Labute approximate surface area is 199 Å². The monoisotopic (exact) mass is 455 g/mol. The van der Waals surface area contributed by atoms with Gasteiger partial charge in [0, 0.05) is 17.4 Å². The average Bonchev–Trinajstić information content (AvgIpc) is 3.12. The highest BCUT2D eigenvalue weighted by atomic mass is 16.5. The number of imidazole rings is 1. The first kappa shape index (κ1) is 23.2. The number of nitrogens with one attached hydrogen (secondary N) is 1. The zero-order chi connectivity index (χ0) is 24.4. The van der Waals surface area contributed by atoms with Gasteiger partial charge in [0.15, 0.2) is 0 Å². The van der Waals surface area contributed by atoms with Crippen LogP contribution in [-0.2, 0) is 16.0 Å². The van der Waals surface area contributed by atoms with Gasteiger partial charge in [-0.3, -0.25) is 4.79 Å². The number of esters is 1. The van der Waals surface area contributed by atoms with Crippen LogP contribution in [0, 0.1) is 20.8 Å². The maximum atomic E-state index is 13.1. The molecule has 0 aliphatic carbocycles. The van der Waals surface area contributed by atoms with E-state index in [1.807, 2.05) is 35.7 Å². The first-order valence-corrected chi connectivity index (χ1v) is 11.4. The molecule has 0 saturated carbocycles. The minimum absolute atomic E-state index is 0.132. The van der Waals surface area contributed by atoms with E-state index in [0.29, 0.717) is 11.3 Å². The number of benzene rings is 2. The fourth-order valence-corrected chi connectivity index (χ4v) is 3.85. The number of rotatable bonds is 6. The summed E-state index contributed by atoms with van der Waals surface area (Å²) in [5, 5.41) is 2.92. The second-order valence-electron chi connectivity index (χ2n) is 8.90. The van der Waals surface area contributed by atoms with Gasteiger partial charge in [0.05, 0.1) is 29.5 Å². The zero-order valence-corrected chi connectivity index (χ0v) is 20.2. The molecular formula is C28H29N3O3. The number of amides is 1. The molecule has 4 rings (SSSR count). The number of aromatic nitrogens is 2. The minimum Gasteiger partial charge on any atom is -0.459 e. The molecule has 2 aromatic heterocycles. The van der Waals surface area contributed by atoms with Gasteiger partial charge < -0.3 is 14.5 Å². The van der Waals surface area contributed by atoms with E-state index in [4.69, 9.17) is 9.72 Å². The lowest BCUT2D eigenvalue weighted by molar-refractivity contribution is -0.115. The van der Waals surface area contributed by atoms with Crippen LogP contribution in [0.1, 0.15) is 46.6 Å². The standard InChI is InChI=1S/C28H29N3O3/c1-17(2)34-28(33)22-7-6-8-23(15-22)29-26(32)16-24-27(21-10-9-19(4)20(5)14-21)30-25-13-18(3)11-12-31(24)25/h6-15,17H,16H2,1-5H3,(H,29,32). The molecule has 2 heterocycles. The molecule has 0 bridgehead atoms. The van der Waals surface area contributed by atoms with Crippen molar-refractivity contribution >= 4 is 23.2 Å². The van der Waals surface area contributed by atoms with E-state index in [1.165, 1.54) is 11.1 Å². The van der Waals surface area contributed by atoms with Crippen molar-refractivity contribution in [1.29, 1.82) is 0 Å². The Bertz CT molecular complexity index is 1390. The second kappa shape index (κ2) is 9.51. The number of carbonyl (C=O) groups excluding carboxylic acids is 2. The number of anilines is 1. The van der Waals surface area contributed by atoms with Crippen molar-refractivity contribution in [1.82, 2.24) is 9.38 Å². The fourth-order valence-electron chi connectivity index (χ4n) is 3.85. The molecule has 0 saturated heterocycles. The second-order valence-corrected chi connectivity index (χ2v) is 8.90. The number of hydrogen-bond donors (Lipinski definition) is 1. The Morgan fingerprint density at radius 1 is 1.00 bits per heavy atom. The number of pyridine rings is 1. The lowest BCUT2D eigenvalue weighted by Gasteiger charge is -2.11. The molecular weight excluding hydrogens is 426 g/mol. The fraction of sp³-hybridized carbons (Fsp3) is 0.250. The summed E-state index contributed by atoms with van der Waals surface area (Å²) in [6.45, 7) is 9.77. The Hall–Kier alpha value is -3.93. The first-order chi connectivity index (χ1) is 16.2. The summed E-state index contributed by atoms with van der Waals surface area (Å²) in [5.74, 6) is -0.609. The normalized spacial score (nSPS) is 11.1. The molecule has 6 heteroatoms. The predicted molar refractivity (Wildman–Crippen MR) is 134 cm³/mol. The van der Waals surface area contributed by atoms with Crippen LogP contribution in [0.2, 0.25) is 0 Å². The van der Waals surface area contributed by atoms with E-state index in [1.54, 1.807) is 38.1 Å². The average molecular weight is 456 g/mol. The van der Waals surface area contributed by atoms with Gasteiger partial charge in [0.1, 0.15) is 5.65 Å². The van der Waals surface area contributed by atoms with Gasteiger partial charge in [0.25, 0.3) is 0 Å². The Morgan fingerprint density at radius 2 is 1.79 bits per heavy atom. The van der Waals surface area contributed by atoms with Gasteiger partial charge in [0.2, 0.25) is 5.91 Å². The first-order valence-electron chi connectivity index (χ1n) is 11.4. The highest BCUT2D eigenvalue weighted by molar-refractivity contribution is 5.96. The number of ether oxygens (including phenoxy) is 1. The Balaban J connectivity index is 1.64. The maximum absolute atomic E-state index is 13.1. The highest BCUT2D eigenvalue weighted by Crippen LogP contribution is 2.27. The predicted octanol–water partition coefficient (Wildman–Crippen LogP) is 5.67. The molecule has 0 aliphatic heterocycles. The summed E-state index contributed by atoms with van der Waals surface area (Å²) in [7, 11) is 0. The minimum atomic E-state index is -0.416. The number of aryl methyl sites for hydroxylation is 3. The van der Waals surface area contributed by atoms with E-state index >= 15 is 0 Å². The highest BCUT2D eigenvalue weighted by Gasteiger charge is 2.18. The van der Waals surface area contributed by atoms with Crippen molar-refractivity contribution in [3.05, 3.63) is 88.7 Å². The molecule has 4 aromatic rings. The summed E-state index contributed by atoms with van der Waals surface area (Å²) in [6.07, 6.45) is 1.87. The third kappa shape index (κ3) is 5.01. The molecule has 2 aromatic carbocycles. The number of fused-ring (bicyclic) bond motifs is 1. The SMILES string of the molecule is Cc1ccn2c(CC(=O)Nc3cccc(C(=O)OC(C)C)c3)c(-c3ccc(C)c(C)c3)nc2c1. The van der Waals surface area contributed by atoms with Crippen molar-refractivity contribution < 1.29 is 14.3 Å². The van der Waals surface area contributed by atoms with E-state index in [2.05, 4.69) is 31.3 Å². The molecule has 0 radical (unpaired) electrons. The van der Waals surface area contributed by atoms with Gasteiger partial charge in [-0.1, -0.05) is 18.2 Å². The summed E-state index contributed by atoms with van der Waals surface area (Å²) in [6, 6.07) is 17.0. The van der Waals surface area contributed by atoms with Crippen molar-refractivity contribution in [3.8, 4) is 11.3 Å². The van der Waals surface area contributed by atoms with E-state index in [-0.39, 0.29) is 18.4 Å². The molecule has 0 atom stereocenters. The summed E-state index contributed by atoms with van der Waals surface area (Å²) in [5.41, 5.74) is 7.80. The van der Waals surface area contributed by atoms with Crippen LogP contribution in [0.4, 0.5) is 5.69 Å². The van der Waals surface area contributed by atoms with Crippen molar-refractivity contribution in [3.63, 3.8) is 0 Å². The van der Waals surface area contributed by atoms with Crippen LogP contribution < -0.4 is 5.32 Å². The van der Waals surface area contributed by atoms with Crippen LogP contribution >= 0.6 is 0 Å². The molecule has 34 heavy (non-hydrogen) atoms. The van der Waals surface area contributed by atoms with E-state index in [0.717, 1.165) is 28.2 Å². The number of nitrogens with zero attached hydrogens (tertiary/aromatic N) is 2. The molecule has 0 aliphatic rings. The van der Waals surface area contributed by atoms with Crippen molar-refractivity contribution in [2.45, 2.75) is 47.1 Å². The van der Waals surface area contributed by atoms with Gasteiger partial charge in [-0.2, -0.15) is 0 Å². The third-order valence-corrected chi connectivity index (χ3v) is 5.71. The van der Waals surface area contributed by atoms with Crippen LogP contribution in [0.15, 0.2) is 60.8 Å². The Morgan fingerprint density at radius 3 is 2.53 bits per heavy atom. The lowest BCUT2D eigenvalue weighted by atomic mass is 10.0. The molecule has 0 spiro atoms. The van der Waals surface area contributed by atoms with Crippen molar-refractivity contribution in [2.24, 2.45) is 0 Å². The quantitative estimate of drug-likeness (QED) is 0.380. The summed E-state index contributed by atoms with van der Waals surface area (Å²) < 4.78 is 7.22. The Kier molecular flexibility index (Phi) is 6.50. The zero-order valence-electron chi connectivity index (χ0n) is 20.2.